The Kier molecular flexibility index (Phi) is 9.79. The molecule has 0 heterocycles. The average molecular weight is 556 g/mol. The van der Waals surface area contributed by atoms with Crippen LogP contribution in [0.5, 0.6) is 5.75 Å². The van der Waals surface area contributed by atoms with Crippen LogP contribution in [0.1, 0.15) is 36.2 Å². The van der Waals surface area contributed by atoms with Crippen molar-refractivity contribution in [3.63, 3.8) is 0 Å². The zero-order chi connectivity index (χ0) is 28.7. The minimum absolute atomic E-state index is 0.0872. The van der Waals surface area contributed by atoms with Gasteiger partial charge < -0.3 is 14.6 Å². The van der Waals surface area contributed by atoms with Crippen LogP contribution < -0.4 is 9.46 Å². The highest BCUT2D eigenvalue weighted by molar-refractivity contribution is 7.89. The van der Waals surface area contributed by atoms with Crippen LogP contribution in [-0.2, 0) is 26.0 Å². The summed E-state index contributed by atoms with van der Waals surface area (Å²) in [5, 5.41) is 14.2. The lowest BCUT2D eigenvalue weighted by atomic mass is 10.0. The van der Waals surface area contributed by atoms with E-state index in [1.807, 2.05) is 49.4 Å². The maximum absolute atomic E-state index is 13.3. The predicted molar refractivity (Wildman–Crippen MR) is 147 cm³/mol. The summed E-state index contributed by atoms with van der Waals surface area (Å²) in [4.78, 5) is 35.3. The Morgan fingerprint density at radius 2 is 1.77 bits per heavy atom. The quantitative estimate of drug-likeness (QED) is 0.243. The van der Waals surface area contributed by atoms with E-state index in [1.165, 1.54) is 23.2 Å². The molecule has 0 aliphatic carbocycles. The molecule has 0 fully saturated rings. The molecule has 0 aromatic heterocycles. The summed E-state index contributed by atoms with van der Waals surface area (Å²) < 4.78 is 34.8. The van der Waals surface area contributed by atoms with Crippen molar-refractivity contribution in [1.29, 1.82) is 0 Å². The summed E-state index contributed by atoms with van der Waals surface area (Å²) in [7, 11) is -0.954. The minimum Gasteiger partial charge on any atom is -0.489 e. The number of amides is 1. The average Bonchev–Trinajstić information content (AvgIpc) is 2.88. The lowest BCUT2D eigenvalue weighted by molar-refractivity contribution is -0.138. The molecule has 0 saturated heterocycles. The normalized spacial score (nSPS) is 13.2. The number of carbonyl (C=O) groups is 3. The van der Waals surface area contributed by atoms with Crippen LogP contribution in [0.3, 0.4) is 0 Å². The van der Waals surface area contributed by atoms with E-state index in [4.69, 9.17) is 9.84 Å². The first-order valence-corrected chi connectivity index (χ1v) is 13.9. The number of nitrogens with one attached hydrogen (secondary N) is 1. The van der Waals surface area contributed by atoms with E-state index in [-0.39, 0.29) is 28.4 Å². The van der Waals surface area contributed by atoms with Crippen LogP contribution in [0, 0.1) is 0 Å². The number of benzene rings is 3. The summed E-state index contributed by atoms with van der Waals surface area (Å²) in [6.07, 6.45) is -0.557. The number of carboxylic acids is 1. The van der Waals surface area contributed by atoms with Gasteiger partial charge >= 0.3 is 5.97 Å². The van der Waals surface area contributed by atoms with E-state index in [1.54, 1.807) is 26.0 Å². The fourth-order valence-electron chi connectivity index (χ4n) is 4.32. The molecule has 2 N–H and O–H groups in total. The molecule has 2 atom stereocenters. The number of hydrogen-bond donors (Lipinski definition) is 2. The van der Waals surface area contributed by atoms with Gasteiger partial charge in [-0.25, -0.2) is 18.1 Å². The monoisotopic (exact) mass is 555 g/mol. The van der Waals surface area contributed by atoms with Gasteiger partial charge in [-0.1, -0.05) is 42.5 Å². The van der Waals surface area contributed by atoms with Crippen LogP contribution in [0.2, 0.25) is 0 Å². The molecule has 39 heavy (non-hydrogen) atoms. The molecule has 3 rings (SSSR count). The third-order valence-electron chi connectivity index (χ3n) is 6.08. The molecule has 0 bridgehead atoms. The van der Waals surface area contributed by atoms with Crippen molar-refractivity contribution in [2.75, 3.05) is 20.6 Å². The van der Waals surface area contributed by atoms with Crippen LogP contribution in [-0.4, -0.2) is 74.5 Å². The summed E-state index contributed by atoms with van der Waals surface area (Å²) in [5.41, 5.74) is 1.21. The van der Waals surface area contributed by atoms with Crippen molar-refractivity contribution in [3.05, 3.63) is 71.8 Å². The van der Waals surface area contributed by atoms with Gasteiger partial charge in [0.15, 0.2) is 0 Å². The number of nitrogens with zero attached hydrogens (tertiary/aromatic N) is 2. The van der Waals surface area contributed by atoms with Crippen LogP contribution in [0.4, 0.5) is 0 Å². The van der Waals surface area contributed by atoms with Gasteiger partial charge in [0.25, 0.3) is 5.91 Å². The number of carboxylic acid groups (broad SMARTS) is 1. The zero-order valence-electron chi connectivity index (χ0n) is 22.3. The first-order valence-electron chi connectivity index (χ1n) is 12.4. The molecular weight excluding hydrogens is 522 g/mol. The lowest BCUT2D eigenvalue weighted by Crippen LogP contribution is -2.41. The molecule has 0 spiro atoms. The van der Waals surface area contributed by atoms with Crippen molar-refractivity contribution in [2.24, 2.45) is 0 Å². The van der Waals surface area contributed by atoms with Crippen LogP contribution >= 0.6 is 0 Å². The van der Waals surface area contributed by atoms with E-state index in [2.05, 4.69) is 4.72 Å². The van der Waals surface area contributed by atoms with Gasteiger partial charge in [-0.05, 0) is 48.4 Å². The third-order valence-corrected chi connectivity index (χ3v) is 7.61. The molecular formula is C28H33N3O7S. The number of ether oxygens (including phenoxy) is 1. The molecule has 1 unspecified atom stereocenters. The minimum atomic E-state index is -4.39. The second-order valence-electron chi connectivity index (χ2n) is 9.26. The molecule has 0 saturated carbocycles. The topological polar surface area (TPSA) is 133 Å². The Morgan fingerprint density at radius 3 is 2.41 bits per heavy atom. The number of aliphatic carboxylic acids is 1. The van der Waals surface area contributed by atoms with Gasteiger partial charge in [-0.15, -0.1) is 0 Å². The second-order valence-corrected chi connectivity index (χ2v) is 10.9. The third kappa shape index (κ3) is 7.41. The SMILES string of the molecule is CCN(C(=O)c1ccc(S(=O)(=O)NC(C=O)CC(=O)O)c(O[C@H](C)Cc2cccc3ccccc23)c1)N(C)C. The number of hydrogen-bond acceptors (Lipinski definition) is 7. The fraction of sp³-hybridized carbons (Fsp3) is 0.321. The maximum Gasteiger partial charge on any atom is 0.305 e. The molecule has 0 aliphatic heterocycles. The van der Waals surface area contributed by atoms with Gasteiger partial charge in [0.1, 0.15) is 23.0 Å². The number of hydrazine groups is 1. The number of carbonyl (C=O) groups excluding carboxylic acids is 2. The number of rotatable bonds is 13. The van der Waals surface area contributed by atoms with Gasteiger partial charge in [0.05, 0.1) is 12.5 Å². The molecule has 3 aromatic carbocycles. The van der Waals surface area contributed by atoms with Crippen LogP contribution in [0.15, 0.2) is 65.6 Å². The maximum atomic E-state index is 13.3. The zero-order valence-corrected chi connectivity index (χ0v) is 23.1. The Bertz CT molecular complexity index is 1450. The fourth-order valence-corrected chi connectivity index (χ4v) is 5.60. The lowest BCUT2D eigenvalue weighted by Gasteiger charge is -2.28. The molecule has 0 aliphatic rings. The largest absolute Gasteiger partial charge is 0.489 e. The molecule has 11 heteroatoms. The first kappa shape index (κ1) is 29.8. The summed E-state index contributed by atoms with van der Waals surface area (Å²) in [6.45, 7) is 3.99. The number of aldehydes is 1. The van der Waals surface area contributed by atoms with Gasteiger partial charge in [0.2, 0.25) is 10.0 Å². The molecule has 0 radical (unpaired) electrons. The summed E-state index contributed by atoms with van der Waals surface area (Å²) >= 11 is 0. The van der Waals surface area contributed by atoms with Gasteiger partial charge in [0, 0.05) is 32.6 Å². The Balaban J connectivity index is 2.00. The molecule has 3 aromatic rings. The molecule has 208 valence electrons. The highest BCUT2D eigenvalue weighted by atomic mass is 32.2. The van der Waals surface area contributed by atoms with Gasteiger partial charge in [-0.3, -0.25) is 14.6 Å². The van der Waals surface area contributed by atoms with Crippen LogP contribution in [0.25, 0.3) is 10.8 Å². The van der Waals surface area contributed by atoms with Crippen molar-refractivity contribution in [1.82, 2.24) is 14.7 Å². The van der Waals surface area contributed by atoms with Crippen molar-refractivity contribution >= 4 is 39.0 Å². The first-order chi connectivity index (χ1) is 18.5. The van der Waals surface area contributed by atoms with E-state index < -0.39 is 34.6 Å². The second kappa shape index (κ2) is 12.8. The predicted octanol–water partition coefficient (Wildman–Crippen LogP) is 3.11. The Labute approximate surface area is 228 Å². The molecule has 10 nitrogen and oxygen atoms in total. The van der Waals surface area contributed by atoms with Crippen molar-refractivity contribution in [2.45, 2.75) is 43.7 Å². The summed E-state index contributed by atoms with van der Waals surface area (Å²) in [5.74, 6) is -1.78. The van der Waals surface area contributed by atoms with Gasteiger partial charge in [-0.2, -0.15) is 0 Å². The highest BCUT2D eigenvalue weighted by Gasteiger charge is 2.28. The van der Waals surface area contributed by atoms with E-state index in [0.717, 1.165) is 16.3 Å². The van der Waals surface area contributed by atoms with Crippen molar-refractivity contribution in [3.8, 4) is 5.75 Å². The standard InChI is InChI=1S/C28H33N3O7S/c1-5-31(30(3)4)28(35)22-13-14-26(39(36,37)29-23(18-32)17-27(33)34)25(16-22)38-19(2)15-21-11-8-10-20-9-6-7-12-24(20)21/h6-14,16,18-19,23,29H,5,15,17H2,1-4H3,(H,33,34)/t19-,23?/m1/s1. The van der Waals surface area contributed by atoms with E-state index in [9.17, 15) is 22.8 Å². The van der Waals surface area contributed by atoms with E-state index in [0.29, 0.717) is 13.0 Å². The number of sulfonamides is 1. The highest BCUT2D eigenvalue weighted by Crippen LogP contribution is 2.29. The Hall–Kier alpha value is -3.80. The van der Waals surface area contributed by atoms with E-state index >= 15 is 0 Å². The molecule has 1 amide bonds. The Morgan fingerprint density at radius 1 is 1.08 bits per heavy atom. The van der Waals surface area contributed by atoms with Crippen molar-refractivity contribution < 1.29 is 32.6 Å². The number of fused-ring (bicyclic) bond motifs is 1. The smallest absolute Gasteiger partial charge is 0.305 e. The summed E-state index contributed by atoms with van der Waals surface area (Å²) in [6, 6.07) is 16.3.